The van der Waals surface area contributed by atoms with Crippen LogP contribution in [-0.4, -0.2) is 43.8 Å². The maximum absolute atomic E-state index is 14.1. The summed E-state index contributed by atoms with van der Waals surface area (Å²) in [7, 11) is -4.13. The number of rotatable bonds is 10. The molecule has 1 saturated carbocycles. The van der Waals surface area contributed by atoms with Crippen molar-refractivity contribution in [3.63, 3.8) is 0 Å². The monoisotopic (exact) mass is 615 g/mol. The van der Waals surface area contributed by atoms with Crippen molar-refractivity contribution in [2.24, 2.45) is 0 Å². The number of carbonyl (C=O) groups excluding carboxylic acids is 2. The van der Waals surface area contributed by atoms with E-state index in [9.17, 15) is 18.0 Å². The Bertz CT molecular complexity index is 1490. The molecule has 1 atom stereocenters. The van der Waals surface area contributed by atoms with E-state index in [4.69, 9.17) is 23.2 Å². The number of benzene rings is 3. The summed E-state index contributed by atoms with van der Waals surface area (Å²) in [5.74, 6) is -0.870. The zero-order valence-corrected chi connectivity index (χ0v) is 25.8. The van der Waals surface area contributed by atoms with E-state index in [-0.39, 0.29) is 23.4 Å². The first-order valence-electron chi connectivity index (χ1n) is 13.7. The summed E-state index contributed by atoms with van der Waals surface area (Å²) in [5, 5.41) is 3.75. The Labute approximate surface area is 252 Å². The second kappa shape index (κ2) is 13.3. The number of amides is 2. The fourth-order valence-electron chi connectivity index (χ4n) is 4.96. The van der Waals surface area contributed by atoms with Crippen LogP contribution < -0.4 is 9.62 Å². The highest BCUT2D eigenvalue weighted by Crippen LogP contribution is 2.29. The molecular weight excluding hydrogens is 581 g/mol. The topological polar surface area (TPSA) is 86.8 Å². The standard InChI is InChI=1S/C31H35Cl2N3O4S/c1-21-16-17-25(18-22(21)2)36(41(39,40)26-12-5-4-6-13-26)20-30(37)35(19-27-28(32)14-9-15-29(27)33)23(3)31(38)34-24-10-7-8-11-24/h4-6,9,12-18,23-24H,7-8,10-11,19-20H2,1-3H3,(H,34,38)/t23-/m0/s1. The fourth-order valence-corrected chi connectivity index (χ4v) is 6.90. The second-order valence-corrected chi connectivity index (χ2v) is 13.2. The smallest absolute Gasteiger partial charge is 0.264 e. The summed E-state index contributed by atoms with van der Waals surface area (Å²) in [6.45, 7) is 4.86. The number of sulfonamides is 1. The lowest BCUT2D eigenvalue weighted by atomic mass is 10.1. The van der Waals surface area contributed by atoms with E-state index >= 15 is 0 Å². The Hall–Kier alpha value is -3.07. The summed E-state index contributed by atoms with van der Waals surface area (Å²) in [5.41, 5.74) is 2.70. The first-order chi connectivity index (χ1) is 19.5. The van der Waals surface area contributed by atoms with Crippen LogP contribution in [0, 0.1) is 13.8 Å². The molecule has 4 rings (SSSR count). The van der Waals surface area contributed by atoms with Crippen LogP contribution in [0.25, 0.3) is 0 Å². The molecule has 0 heterocycles. The summed E-state index contributed by atoms with van der Waals surface area (Å²) >= 11 is 12.9. The minimum absolute atomic E-state index is 0.0521. The first kappa shape index (κ1) is 30.9. The van der Waals surface area contributed by atoms with Crippen molar-refractivity contribution < 1.29 is 18.0 Å². The SMILES string of the molecule is Cc1ccc(N(CC(=O)N(Cc2c(Cl)cccc2Cl)[C@@H](C)C(=O)NC2CCCC2)S(=O)(=O)c2ccccc2)cc1C. The van der Waals surface area contributed by atoms with E-state index in [1.807, 2.05) is 19.9 Å². The van der Waals surface area contributed by atoms with Gasteiger partial charge in [0.05, 0.1) is 10.6 Å². The van der Waals surface area contributed by atoms with E-state index in [1.54, 1.807) is 55.5 Å². The third-order valence-corrected chi connectivity index (χ3v) is 10.1. The molecule has 0 saturated heterocycles. The maximum atomic E-state index is 14.1. The number of hydrogen-bond donors (Lipinski definition) is 1. The largest absolute Gasteiger partial charge is 0.352 e. The van der Waals surface area contributed by atoms with E-state index < -0.39 is 28.5 Å². The number of carbonyl (C=O) groups is 2. The van der Waals surface area contributed by atoms with Crippen molar-refractivity contribution in [2.75, 3.05) is 10.8 Å². The van der Waals surface area contributed by atoms with Crippen molar-refractivity contribution in [1.82, 2.24) is 10.2 Å². The minimum atomic E-state index is -4.13. The minimum Gasteiger partial charge on any atom is -0.352 e. The number of nitrogens with one attached hydrogen (secondary N) is 1. The van der Waals surface area contributed by atoms with Gasteiger partial charge in [0.25, 0.3) is 10.0 Å². The summed E-state index contributed by atoms with van der Waals surface area (Å²) in [6.07, 6.45) is 3.86. The van der Waals surface area contributed by atoms with Gasteiger partial charge in [0.15, 0.2) is 0 Å². The molecule has 1 aliphatic rings. The van der Waals surface area contributed by atoms with E-state index in [1.165, 1.54) is 17.0 Å². The third-order valence-electron chi connectivity index (χ3n) is 7.65. The van der Waals surface area contributed by atoms with Crippen molar-refractivity contribution in [2.45, 2.75) is 70.0 Å². The van der Waals surface area contributed by atoms with Crippen LogP contribution in [0.3, 0.4) is 0 Å². The molecule has 0 spiro atoms. The molecule has 41 heavy (non-hydrogen) atoms. The van der Waals surface area contributed by atoms with Gasteiger partial charge in [-0.2, -0.15) is 0 Å². The van der Waals surface area contributed by atoms with Crippen molar-refractivity contribution in [1.29, 1.82) is 0 Å². The molecule has 2 amide bonds. The molecule has 0 radical (unpaired) electrons. The molecule has 0 unspecified atom stereocenters. The molecule has 0 bridgehead atoms. The normalized spacial score (nSPS) is 14.5. The van der Waals surface area contributed by atoms with Crippen LogP contribution in [0.15, 0.2) is 71.6 Å². The number of nitrogens with zero attached hydrogens (tertiary/aromatic N) is 2. The van der Waals surface area contributed by atoms with Crippen LogP contribution in [0.2, 0.25) is 10.0 Å². The molecule has 0 aliphatic heterocycles. The van der Waals surface area contributed by atoms with Crippen LogP contribution in [0.4, 0.5) is 5.69 Å². The predicted octanol–water partition coefficient (Wildman–Crippen LogP) is 6.28. The quantitative estimate of drug-likeness (QED) is 0.291. The number of aryl methyl sites for hydroxylation is 2. The van der Waals surface area contributed by atoms with Crippen molar-refractivity contribution >= 4 is 50.7 Å². The molecule has 1 N–H and O–H groups in total. The maximum Gasteiger partial charge on any atom is 0.264 e. The van der Waals surface area contributed by atoms with Gasteiger partial charge in [0.2, 0.25) is 11.8 Å². The highest BCUT2D eigenvalue weighted by Gasteiger charge is 2.34. The lowest BCUT2D eigenvalue weighted by Crippen LogP contribution is -2.52. The molecule has 218 valence electrons. The van der Waals surface area contributed by atoms with Crippen LogP contribution >= 0.6 is 23.2 Å². The van der Waals surface area contributed by atoms with Crippen LogP contribution in [-0.2, 0) is 26.2 Å². The van der Waals surface area contributed by atoms with E-state index in [0.717, 1.165) is 41.1 Å². The molecule has 1 fully saturated rings. The zero-order chi connectivity index (χ0) is 29.7. The summed E-state index contributed by atoms with van der Waals surface area (Å²) < 4.78 is 28.9. The highest BCUT2D eigenvalue weighted by atomic mass is 35.5. The zero-order valence-electron chi connectivity index (χ0n) is 23.4. The second-order valence-electron chi connectivity index (χ2n) is 10.5. The molecule has 1 aliphatic carbocycles. The van der Waals surface area contributed by atoms with E-state index in [0.29, 0.717) is 21.3 Å². The Morgan fingerprint density at radius 3 is 2.17 bits per heavy atom. The van der Waals surface area contributed by atoms with E-state index in [2.05, 4.69) is 5.32 Å². The van der Waals surface area contributed by atoms with Gasteiger partial charge < -0.3 is 10.2 Å². The van der Waals surface area contributed by atoms with Crippen LogP contribution in [0.1, 0.15) is 49.3 Å². The first-order valence-corrected chi connectivity index (χ1v) is 15.9. The average Bonchev–Trinajstić information content (AvgIpc) is 3.46. The van der Waals surface area contributed by atoms with Crippen LogP contribution in [0.5, 0.6) is 0 Å². The number of anilines is 1. The Morgan fingerprint density at radius 1 is 0.927 bits per heavy atom. The lowest BCUT2D eigenvalue weighted by molar-refractivity contribution is -0.139. The molecule has 10 heteroatoms. The Balaban J connectivity index is 1.73. The van der Waals surface area contributed by atoms with Crippen molar-refractivity contribution in [3.05, 3.63) is 93.5 Å². The van der Waals surface area contributed by atoms with Gasteiger partial charge in [0.1, 0.15) is 12.6 Å². The van der Waals surface area contributed by atoms with Gasteiger partial charge in [-0.1, -0.05) is 66.4 Å². The lowest BCUT2D eigenvalue weighted by Gasteiger charge is -2.33. The molecule has 3 aromatic rings. The summed E-state index contributed by atoms with van der Waals surface area (Å²) in [4.78, 5) is 28.9. The summed E-state index contributed by atoms with van der Waals surface area (Å²) in [6, 6.07) is 17.4. The van der Waals surface area contributed by atoms with Gasteiger partial charge in [-0.15, -0.1) is 0 Å². The predicted molar refractivity (Wildman–Crippen MR) is 164 cm³/mol. The van der Waals surface area contributed by atoms with Crippen molar-refractivity contribution in [3.8, 4) is 0 Å². The molecule has 0 aromatic heterocycles. The van der Waals surface area contributed by atoms with Gasteiger partial charge in [-0.05, 0) is 81.1 Å². The van der Waals surface area contributed by atoms with Gasteiger partial charge in [-0.3, -0.25) is 13.9 Å². The average molecular weight is 617 g/mol. The Kier molecular flexibility index (Phi) is 10.00. The Morgan fingerprint density at radius 2 is 1.56 bits per heavy atom. The third kappa shape index (κ3) is 7.23. The molecule has 7 nitrogen and oxygen atoms in total. The highest BCUT2D eigenvalue weighted by molar-refractivity contribution is 7.92. The molecule has 3 aromatic carbocycles. The van der Waals surface area contributed by atoms with Gasteiger partial charge >= 0.3 is 0 Å². The molecular formula is C31H35Cl2N3O4S. The van der Waals surface area contributed by atoms with Gasteiger partial charge in [-0.25, -0.2) is 8.42 Å². The number of hydrogen-bond acceptors (Lipinski definition) is 4. The number of halogens is 2. The van der Waals surface area contributed by atoms with Gasteiger partial charge in [0, 0.05) is 28.2 Å². The fraction of sp³-hybridized carbons (Fsp3) is 0.355.